The van der Waals surface area contributed by atoms with Crippen LogP contribution in [0.2, 0.25) is 0 Å². The maximum absolute atomic E-state index is 14.5. The van der Waals surface area contributed by atoms with E-state index in [1.807, 2.05) is 36.4 Å². The molecule has 0 aliphatic carbocycles. The van der Waals surface area contributed by atoms with Crippen LogP contribution in [0.25, 0.3) is 22.3 Å². The molecule has 0 amide bonds. The largest absolute Gasteiger partial charge is 0.494 e. The first-order valence-electron chi connectivity index (χ1n) is 15.0. The summed E-state index contributed by atoms with van der Waals surface area (Å²) in [6.07, 6.45) is 11.8. The lowest BCUT2D eigenvalue weighted by Crippen LogP contribution is -1.98. The number of hydrogen-bond donors (Lipinski definition) is 0. The number of rotatable bonds is 17. The van der Waals surface area contributed by atoms with Crippen LogP contribution in [0.3, 0.4) is 0 Å². The van der Waals surface area contributed by atoms with Crippen molar-refractivity contribution in [2.75, 3.05) is 13.2 Å². The third kappa shape index (κ3) is 10.0. The molecule has 0 saturated carbocycles. The molecule has 0 aromatic heterocycles. The second kappa shape index (κ2) is 16.9. The second-order valence-corrected chi connectivity index (χ2v) is 10.6. The van der Waals surface area contributed by atoms with E-state index in [0.717, 1.165) is 42.7 Å². The third-order valence-electron chi connectivity index (χ3n) is 7.37. The molecule has 0 bridgehead atoms. The summed E-state index contributed by atoms with van der Waals surface area (Å²) in [6, 6.07) is 28.6. The summed E-state index contributed by atoms with van der Waals surface area (Å²) in [5.74, 6) is 0.724. The Morgan fingerprint density at radius 2 is 0.952 bits per heavy atom. The fourth-order valence-electron chi connectivity index (χ4n) is 4.93. The minimum Gasteiger partial charge on any atom is -0.494 e. The first kappa shape index (κ1) is 30.8. The Bertz CT molecular complexity index is 1390. The molecule has 0 aliphatic heterocycles. The minimum atomic E-state index is -0.363. The van der Waals surface area contributed by atoms with Crippen LogP contribution < -0.4 is 9.47 Å². The minimum absolute atomic E-state index is 0.335. The molecule has 0 fully saturated rings. The van der Waals surface area contributed by atoms with Gasteiger partial charge in [0.25, 0.3) is 0 Å². The number of halogens is 2. The summed E-state index contributed by atoms with van der Waals surface area (Å²) in [5, 5.41) is 8.93. The molecule has 218 valence electrons. The zero-order chi connectivity index (χ0) is 29.4. The molecule has 0 spiro atoms. The van der Waals surface area contributed by atoms with Gasteiger partial charge in [0, 0.05) is 11.6 Å². The molecule has 0 N–H and O–H groups in total. The van der Waals surface area contributed by atoms with Gasteiger partial charge in [-0.25, -0.2) is 8.78 Å². The van der Waals surface area contributed by atoms with Crippen LogP contribution in [0.1, 0.15) is 69.8 Å². The SMILES string of the molecule is N#Cc1ccc(-c2ccc(OCCCCCCCCCCCCOc3ccc(-c4ccc(F)cc4)c(F)c3)cc2)cc1. The number of nitrogens with zero attached hydrogens (tertiary/aromatic N) is 1. The number of ether oxygens (including phenoxy) is 2. The summed E-state index contributed by atoms with van der Waals surface area (Å²) in [6.45, 7) is 1.32. The Morgan fingerprint density at radius 3 is 1.48 bits per heavy atom. The Kier molecular flexibility index (Phi) is 12.4. The molecule has 0 radical (unpaired) electrons. The van der Waals surface area contributed by atoms with Crippen LogP contribution in [0.15, 0.2) is 91.0 Å². The van der Waals surface area contributed by atoms with Crippen molar-refractivity contribution < 1.29 is 18.3 Å². The highest BCUT2D eigenvalue weighted by atomic mass is 19.1. The molecular formula is C37H39F2NO2. The zero-order valence-corrected chi connectivity index (χ0v) is 24.2. The lowest BCUT2D eigenvalue weighted by Gasteiger charge is -2.09. The van der Waals surface area contributed by atoms with Gasteiger partial charge in [-0.3, -0.25) is 0 Å². The molecule has 4 rings (SSSR count). The first-order valence-corrected chi connectivity index (χ1v) is 15.0. The van der Waals surface area contributed by atoms with Gasteiger partial charge < -0.3 is 9.47 Å². The molecular weight excluding hydrogens is 528 g/mol. The van der Waals surface area contributed by atoms with Crippen LogP contribution in [0, 0.1) is 23.0 Å². The maximum atomic E-state index is 14.5. The van der Waals surface area contributed by atoms with Crippen molar-refractivity contribution in [3.8, 4) is 39.8 Å². The summed E-state index contributed by atoms with van der Waals surface area (Å²) in [5.41, 5.74) is 3.97. The Hall–Kier alpha value is -4.17. The van der Waals surface area contributed by atoms with Gasteiger partial charge in [-0.05, 0) is 78.1 Å². The number of unbranched alkanes of at least 4 members (excludes halogenated alkanes) is 9. The van der Waals surface area contributed by atoms with Crippen molar-refractivity contribution >= 4 is 0 Å². The van der Waals surface area contributed by atoms with Crippen LogP contribution in [-0.4, -0.2) is 13.2 Å². The van der Waals surface area contributed by atoms with E-state index in [2.05, 4.69) is 18.2 Å². The molecule has 42 heavy (non-hydrogen) atoms. The molecule has 0 atom stereocenters. The Labute approximate surface area is 248 Å². The molecule has 4 aromatic rings. The van der Waals surface area contributed by atoms with Crippen molar-refractivity contribution in [3.05, 3.63) is 108 Å². The van der Waals surface area contributed by atoms with Crippen LogP contribution >= 0.6 is 0 Å². The van der Waals surface area contributed by atoms with Gasteiger partial charge in [0.1, 0.15) is 23.1 Å². The molecule has 0 unspecified atom stereocenters. The van der Waals surface area contributed by atoms with E-state index in [4.69, 9.17) is 14.7 Å². The van der Waals surface area contributed by atoms with Crippen LogP contribution in [0.4, 0.5) is 8.78 Å². The molecule has 0 aliphatic rings. The van der Waals surface area contributed by atoms with Crippen molar-refractivity contribution in [1.29, 1.82) is 5.26 Å². The molecule has 0 saturated heterocycles. The summed E-state index contributed by atoms with van der Waals surface area (Å²) < 4.78 is 39.2. The van der Waals surface area contributed by atoms with Gasteiger partial charge >= 0.3 is 0 Å². The normalized spacial score (nSPS) is 10.8. The average molecular weight is 568 g/mol. The highest BCUT2D eigenvalue weighted by Gasteiger charge is 2.07. The van der Waals surface area contributed by atoms with E-state index in [0.29, 0.717) is 29.0 Å². The quantitative estimate of drug-likeness (QED) is 0.119. The molecule has 0 heterocycles. The van der Waals surface area contributed by atoms with E-state index < -0.39 is 0 Å². The molecule has 4 aromatic carbocycles. The predicted octanol–water partition coefficient (Wildman–Crippen LogP) is 10.5. The third-order valence-corrected chi connectivity index (χ3v) is 7.37. The number of benzene rings is 4. The highest BCUT2D eigenvalue weighted by molar-refractivity contribution is 5.65. The monoisotopic (exact) mass is 567 g/mol. The molecule has 5 heteroatoms. The Balaban J connectivity index is 0.964. The second-order valence-electron chi connectivity index (χ2n) is 10.6. The first-order chi connectivity index (χ1) is 20.6. The van der Waals surface area contributed by atoms with Crippen molar-refractivity contribution in [2.24, 2.45) is 0 Å². The fourth-order valence-corrected chi connectivity index (χ4v) is 4.93. The van der Waals surface area contributed by atoms with Gasteiger partial charge in [-0.2, -0.15) is 5.26 Å². The Morgan fingerprint density at radius 1 is 0.500 bits per heavy atom. The van der Waals surface area contributed by atoms with E-state index >= 15 is 0 Å². The lowest BCUT2D eigenvalue weighted by atomic mass is 10.0. The van der Waals surface area contributed by atoms with E-state index in [1.54, 1.807) is 24.3 Å². The van der Waals surface area contributed by atoms with Crippen molar-refractivity contribution in [1.82, 2.24) is 0 Å². The average Bonchev–Trinajstić information content (AvgIpc) is 3.02. The summed E-state index contributed by atoms with van der Waals surface area (Å²) in [4.78, 5) is 0. The van der Waals surface area contributed by atoms with Gasteiger partial charge in [0.2, 0.25) is 0 Å². The predicted molar refractivity (Wildman–Crippen MR) is 166 cm³/mol. The van der Waals surface area contributed by atoms with Gasteiger partial charge in [-0.15, -0.1) is 0 Å². The van der Waals surface area contributed by atoms with Gasteiger partial charge in [0.15, 0.2) is 0 Å². The van der Waals surface area contributed by atoms with Gasteiger partial charge in [0.05, 0.1) is 24.8 Å². The van der Waals surface area contributed by atoms with Gasteiger partial charge in [-0.1, -0.05) is 87.8 Å². The standard InChI is InChI=1S/C37H39F2NO2/c38-33-19-15-32(16-20-33)36-24-23-35(27-37(36)39)42-26-10-8-6-4-2-1-3-5-7-9-25-41-34-21-17-31(18-22-34)30-13-11-29(28-40)12-14-30/h11-24,27H,1-10,25-26H2. The van der Waals surface area contributed by atoms with E-state index in [-0.39, 0.29) is 11.6 Å². The topological polar surface area (TPSA) is 42.2 Å². The molecule has 3 nitrogen and oxygen atoms in total. The van der Waals surface area contributed by atoms with E-state index in [1.165, 1.54) is 63.1 Å². The smallest absolute Gasteiger partial charge is 0.134 e. The highest BCUT2D eigenvalue weighted by Crippen LogP contribution is 2.27. The van der Waals surface area contributed by atoms with Crippen LogP contribution in [0.5, 0.6) is 11.5 Å². The number of hydrogen-bond acceptors (Lipinski definition) is 3. The number of nitriles is 1. The summed E-state index contributed by atoms with van der Waals surface area (Å²) in [7, 11) is 0. The fraction of sp³-hybridized carbons (Fsp3) is 0.324. The van der Waals surface area contributed by atoms with E-state index in [9.17, 15) is 8.78 Å². The zero-order valence-electron chi connectivity index (χ0n) is 24.2. The maximum Gasteiger partial charge on any atom is 0.134 e. The van der Waals surface area contributed by atoms with Crippen LogP contribution in [-0.2, 0) is 0 Å². The van der Waals surface area contributed by atoms with Crippen molar-refractivity contribution in [2.45, 2.75) is 64.2 Å². The van der Waals surface area contributed by atoms with Crippen molar-refractivity contribution in [3.63, 3.8) is 0 Å². The lowest BCUT2D eigenvalue weighted by molar-refractivity contribution is 0.302. The summed E-state index contributed by atoms with van der Waals surface area (Å²) >= 11 is 0.